The van der Waals surface area contributed by atoms with Crippen LogP contribution in [0.25, 0.3) is 0 Å². The molecule has 0 aliphatic carbocycles. The van der Waals surface area contributed by atoms with Crippen molar-refractivity contribution in [1.82, 2.24) is 0 Å². The van der Waals surface area contributed by atoms with Gasteiger partial charge in [-0.3, -0.25) is 4.79 Å². The van der Waals surface area contributed by atoms with Gasteiger partial charge in [0, 0.05) is 27.9 Å². The second kappa shape index (κ2) is 5.46. The van der Waals surface area contributed by atoms with Crippen LogP contribution in [0.2, 0.25) is 0 Å². The highest BCUT2D eigenvalue weighted by Gasteiger charge is 2.23. The predicted octanol–water partition coefficient (Wildman–Crippen LogP) is 2.64. The van der Waals surface area contributed by atoms with Crippen LogP contribution in [0.3, 0.4) is 0 Å². The lowest BCUT2D eigenvalue weighted by Crippen LogP contribution is -2.17. The number of carbonyl (C=O) groups excluding carboxylic acids is 1. The maximum absolute atomic E-state index is 11.8. The Morgan fingerprint density at radius 2 is 2.21 bits per heavy atom. The van der Waals surface area contributed by atoms with E-state index in [1.54, 1.807) is 12.1 Å². The van der Waals surface area contributed by atoms with Crippen molar-refractivity contribution in [2.24, 2.45) is 5.92 Å². The predicted molar refractivity (Wildman–Crippen MR) is 78.5 cm³/mol. The van der Waals surface area contributed by atoms with Crippen LogP contribution in [-0.4, -0.2) is 20.1 Å². The number of allylic oxidation sites excluding steroid dienone is 1. The fraction of sp³-hybridized carbons (Fsp3) is 0.308. The van der Waals surface area contributed by atoms with Crippen molar-refractivity contribution in [3.8, 4) is 0 Å². The molecule has 1 heterocycles. The molecule has 0 spiro atoms. The van der Waals surface area contributed by atoms with Gasteiger partial charge in [-0.1, -0.05) is 22.0 Å². The topological polar surface area (TPSA) is 63.2 Å². The summed E-state index contributed by atoms with van der Waals surface area (Å²) >= 11 is 3.39. The first-order valence-corrected chi connectivity index (χ1v) is 8.33. The highest BCUT2D eigenvalue weighted by atomic mass is 79.9. The second-order valence-electron chi connectivity index (χ2n) is 4.63. The number of sulfone groups is 1. The zero-order valence-electron chi connectivity index (χ0n) is 10.4. The molecule has 0 saturated carbocycles. The number of amides is 1. The summed E-state index contributed by atoms with van der Waals surface area (Å²) < 4.78 is 23.5. The molecule has 1 atom stereocenters. The van der Waals surface area contributed by atoms with Gasteiger partial charge in [0.05, 0.1) is 5.75 Å². The standard InChI is InChI=1S/C13H14BrNO3S/c1-9-6-11(2-3-12(9)14)15-13(16)7-10-4-5-19(17,18)8-10/h2-6,10H,7-8H2,1H3,(H,15,16). The van der Waals surface area contributed by atoms with Gasteiger partial charge < -0.3 is 5.32 Å². The van der Waals surface area contributed by atoms with Crippen molar-refractivity contribution in [2.45, 2.75) is 13.3 Å². The van der Waals surface area contributed by atoms with E-state index in [4.69, 9.17) is 0 Å². The van der Waals surface area contributed by atoms with Crippen molar-refractivity contribution in [3.05, 3.63) is 39.7 Å². The Morgan fingerprint density at radius 3 is 2.79 bits per heavy atom. The van der Waals surface area contributed by atoms with E-state index in [-0.39, 0.29) is 24.0 Å². The molecule has 1 amide bonds. The summed E-state index contributed by atoms with van der Waals surface area (Å²) in [5.74, 6) is -0.366. The lowest BCUT2D eigenvalue weighted by atomic mass is 10.1. The van der Waals surface area contributed by atoms with Crippen LogP contribution in [0.15, 0.2) is 34.2 Å². The molecule has 1 aromatic rings. The minimum absolute atomic E-state index is 0.0276. The molecule has 1 N–H and O–H groups in total. The van der Waals surface area contributed by atoms with E-state index in [0.29, 0.717) is 0 Å². The molecule has 1 aromatic carbocycles. The zero-order valence-corrected chi connectivity index (χ0v) is 12.8. The summed E-state index contributed by atoms with van der Waals surface area (Å²) in [6, 6.07) is 5.53. The molecular formula is C13H14BrNO3S. The van der Waals surface area contributed by atoms with E-state index in [2.05, 4.69) is 21.2 Å². The first-order chi connectivity index (χ1) is 8.85. The summed E-state index contributed by atoms with van der Waals surface area (Å²) in [7, 11) is -3.09. The largest absolute Gasteiger partial charge is 0.326 e. The van der Waals surface area contributed by atoms with Crippen molar-refractivity contribution in [2.75, 3.05) is 11.1 Å². The average Bonchev–Trinajstić information content (AvgIpc) is 2.63. The molecule has 0 saturated heterocycles. The molecular weight excluding hydrogens is 330 g/mol. The van der Waals surface area contributed by atoms with Gasteiger partial charge in [0.15, 0.2) is 9.84 Å². The Kier molecular flexibility index (Phi) is 4.10. The number of anilines is 1. The van der Waals surface area contributed by atoms with Crippen molar-refractivity contribution in [3.63, 3.8) is 0 Å². The van der Waals surface area contributed by atoms with E-state index in [9.17, 15) is 13.2 Å². The number of hydrogen-bond acceptors (Lipinski definition) is 3. The van der Waals surface area contributed by atoms with Crippen LogP contribution in [0.1, 0.15) is 12.0 Å². The number of hydrogen-bond donors (Lipinski definition) is 1. The Bertz CT molecular complexity index is 637. The van der Waals surface area contributed by atoms with Gasteiger partial charge in [-0.05, 0) is 30.7 Å². The van der Waals surface area contributed by atoms with Crippen LogP contribution < -0.4 is 5.32 Å². The molecule has 0 radical (unpaired) electrons. The molecule has 19 heavy (non-hydrogen) atoms. The van der Waals surface area contributed by atoms with E-state index < -0.39 is 9.84 Å². The van der Waals surface area contributed by atoms with Crippen molar-refractivity contribution >= 4 is 37.4 Å². The molecule has 102 valence electrons. The number of nitrogens with one attached hydrogen (secondary N) is 1. The van der Waals surface area contributed by atoms with E-state index in [1.165, 1.54) is 5.41 Å². The monoisotopic (exact) mass is 343 g/mol. The van der Waals surface area contributed by atoms with Crippen LogP contribution >= 0.6 is 15.9 Å². The normalized spacial score (nSPS) is 20.4. The Balaban J connectivity index is 1.95. The smallest absolute Gasteiger partial charge is 0.224 e. The van der Waals surface area contributed by atoms with Gasteiger partial charge in [0.1, 0.15) is 0 Å². The van der Waals surface area contributed by atoms with Gasteiger partial charge in [-0.25, -0.2) is 8.42 Å². The summed E-state index contributed by atoms with van der Waals surface area (Å²) in [6.07, 6.45) is 1.77. The molecule has 1 aliphatic heterocycles. The minimum atomic E-state index is -3.09. The van der Waals surface area contributed by atoms with Crippen LogP contribution in [0.4, 0.5) is 5.69 Å². The van der Waals surface area contributed by atoms with Gasteiger partial charge in [0.2, 0.25) is 5.91 Å². The highest BCUT2D eigenvalue weighted by molar-refractivity contribution is 9.10. The molecule has 1 unspecified atom stereocenters. The molecule has 0 bridgehead atoms. The van der Waals surface area contributed by atoms with Crippen LogP contribution in [-0.2, 0) is 14.6 Å². The third-order valence-electron chi connectivity index (χ3n) is 2.89. The Labute approximate surface area is 120 Å². The van der Waals surface area contributed by atoms with Crippen molar-refractivity contribution < 1.29 is 13.2 Å². The molecule has 0 aromatic heterocycles. The molecule has 4 nitrogen and oxygen atoms in total. The lowest BCUT2D eigenvalue weighted by molar-refractivity contribution is -0.116. The lowest BCUT2D eigenvalue weighted by Gasteiger charge is -2.09. The first kappa shape index (κ1) is 14.3. The Hall–Kier alpha value is -1.14. The van der Waals surface area contributed by atoms with E-state index >= 15 is 0 Å². The molecule has 2 rings (SSSR count). The summed E-state index contributed by atoms with van der Waals surface area (Å²) in [5.41, 5.74) is 1.75. The highest BCUT2D eigenvalue weighted by Crippen LogP contribution is 2.22. The summed E-state index contributed by atoms with van der Waals surface area (Å²) in [5, 5.41) is 3.96. The van der Waals surface area contributed by atoms with Crippen LogP contribution in [0, 0.1) is 12.8 Å². The number of rotatable bonds is 3. The average molecular weight is 344 g/mol. The third kappa shape index (κ3) is 3.91. The molecule has 0 fully saturated rings. The number of benzene rings is 1. The Morgan fingerprint density at radius 1 is 1.47 bits per heavy atom. The van der Waals surface area contributed by atoms with Crippen molar-refractivity contribution in [1.29, 1.82) is 0 Å². The number of carbonyl (C=O) groups is 1. The third-order valence-corrected chi connectivity index (χ3v) is 5.25. The van der Waals surface area contributed by atoms with E-state index in [0.717, 1.165) is 15.7 Å². The van der Waals surface area contributed by atoms with Crippen LogP contribution in [0.5, 0.6) is 0 Å². The second-order valence-corrected chi connectivity index (χ2v) is 7.42. The van der Waals surface area contributed by atoms with Gasteiger partial charge in [-0.15, -0.1) is 0 Å². The molecule has 6 heteroatoms. The number of aryl methyl sites for hydroxylation is 1. The minimum Gasteiger partial charge on any atom is -0.326 e. The quantitative estimate of drug-likeness (QED) is 0.917. The zero-order chi connectivity index (χ0) is 14.0. The summed E-state index contributed by atoms with van der Waals surface area (Å²) in [4.78, 5) is 11.8. The fourth-order valence-corrected chi connectivity index (χ4v) is 3.58. The van der Waals surface area contributed by atoms with Gasteiger partial charge >= 0.3 is 0 Å². The molecule has 1 aliphatic rings. The van der Waals surface area contributed by atoms with Gasteiger partial charge in [-0.2, -0.15) is 0 Å². The van der Waals surface area contributed by atoms with Gasteiger partial charge in [0.25, 0.3) is 0 Å². The SMILES string of the molecule is Cc1cc(NC(=O)CC2C=CS(=O)(=O)C2)ccc1Br. The maximum atomic E-state index is 11.8. The summed E-state index contributed by atoms with van der Waals surface area (Å²) in [6.45, 7) is 1.94. The fourth-order valence-electron chi connectivity index (χ4n) is 1.94. The van der Waals surface area contributed by atoms with E-state index in [1.807, 2.05) is 19.1 Å². The first-order valence-electron chi connectivity index (χ1n) is 5.83. The number of halogens is 1. The maximum Gasteiger partial charge on any atom is 0.224 e.